The largest absolute Gasteiger partial charge is 0.486 e. The fraction of sp³-hybridized carbons (Fsp3) is 0.533. The third-order valence-corrected chi connectivity index (χ3v) is 2.95. The highest BCUT2D eigenvalue weighted by Crippen LogP contribution is 2.24. The van der Waals surface area contributed by atoms with Gasteiger partial charge in [-0.1, -0.05) is 0 Å². The Kier molecular flexibility index (Phi) is 5.61. The van der Waals surface area contributed by atoms with E-state index in [0.717, 1.165) is 0 Å². The maximum absolute atomic E-state index is 13.2. The smallest absolute Gasteiger partial charge is 0.407 e. The van der Waals surface area contributed by atoms with Gasteiger partial charge in [0.2, 0.25) is 0 Å². The molecule has 1 aromatic rings. The Morgan fingerprint density at radius 3 is 2.43 bits per heavy atom. The number of benzene rings is 1. The van der Waals surface area contributed by atoms with E-state index < -0.39 is 17.3 Å². The van der Waals surface area contributed by atoms with E-state index in [4.69, 9.17) is 9.47 Å². The fourth-order valence-corrected chi connectivity index (χ4v) is 1.85. The summed E-state index contributed by atoms with van der Waals surface area (Å²) in [5.74, 6) is 0.159. The molecular formula is C15H21BrFNO3. The number of carbonyl (C=O) groups is 1. The highest BCUT2D eigenvalue weighted by atomic mass is 79.9. The molecule has 0 radical (unpaired) electrons. The molecule has 0 saturated heterocycles. The maximum Gasteiger partial charge on any atom is 0.407 e. The zero-order chi connectivity index (χ0) is 16.3. The number of rotatable bonds is 4. The first-order chi connectivity index (χ1) is 9.48. The molecule has 21 heavy (non-hydrogen) atoms. The van der Waals surface area contributed by atoms with Crippen molar-refractivity contribution < 1.29 is 18.7 Å². The lowest BCUT2D eigenvalue weighted by molar-refractivity contribution is 0.0443. The van der Waals surface area contributed by atoms with Gasteiger partial charge in [-0.25, -0.2) is 9.18 Å². The summed E-state index contributed by atoms with van der Waals surface area (Å²) < 4.78 is 24.4. The second kappa shape index (κ2) is 6.64. The Morgan fingerprint density at radius 2 is 1.90 bits per heavy atom. The van der Waals surface area contributed by atoms with E-state index in [1.807, 2.05) is 13.8 Å². The van der Waals surface area contributed by atoms with Gasteiger partial charge in [-0.15, -0.1) is 0 Å². The molecule has 0 heterocycles. The molecule has 1 amide bonds. The predicted molar refractivity (Wildman–Crippen MR) is 83.0 cm³/mol. The minimum atomic E-state index is -0.659. The normalized spacial score (nSPS) is 12.0. The second-order valence-electron chi connectivity index (χ2n) is 6.29. The molecule has 0 aromatic heterocycles. The molecule has 6 heteroatoms. The molecule has 0 aliphatic rings. The van der Waals surface area contributed by atoms with Crippen LogP contribution < -0.4 is 10.1 Å². The average Bonchev–Trinajstić information content (AvgIpc) is 2.29. The van der Waals surface area contributed by atoms with E-state index in [-0.39, 0.29) is 12.4 Å². The first kappa shape index (κ1) is 17.8. The van der Waals surface area contributed by atoms with Gasteiger partial charge in [0.1, 0.15) is 22.8 Å². The van der Waals surface area contributed by atoms with Crippen LogP contribution in [0.4, 0.5) is 9.18 Å². The van der Waals surface area contributed by atoms with E-state index in [9.17, 15) is 9.18 Å². The molecule has 0 aliphatic heterocycles. The number of nitrogens with one attached hydrogen (secondary N) is 1. The Hall–Kier alpha value is -1.30. The number of ether oxygens (including phenoxy) is 2. The monoisotopic (exact) mass is 361 g/mol. The SMILES string of the molecule is CC(C)(C)OC(=O)NCC(C)(C)Oc1ccc(F)c(Br)c1. The van der Waals surface area contributed by atoms with Crippen LogP contribution in [0.2, 0.25) is 0 Å². The topological polar surface area (TPSA) is 47.6 Å². The van der Waals surface area contributed by atoms with Crippen molar-refractivity contribution in [3.05, 3.63) is 28.5 Å². The maximum atomic E-state index is 13.2. The van der Waals surface area contributed by atoms with Gasteiger partial charge < -0.3 is 14.8 Å². The standard InChI is InChI=1S/C15H21BrFNO3/c1-14(2,3)21-13(19)18-9-15(4,5)20-10-6-7-12(17)11(16)8-10/h6-8H,9H2,1-5H3,(H,18,19). The lowest BCUT2D eigenvalue weighted by Gasteiger charge is -2.28. The lowest BCUT2D eigenvalue weighted by atomic mass is 10.1. The van der Waals surface area contributed by atoms with Crippen LogP contribution >= 0.6 is 15.9 Å². The molecule has 0 bridgehead atoms. The molecule has 0 fully saturated rings. The minimum Gasteiger partial charge on any atom is -0.486 e. The summed E-state index contributed by atoms with van der Waals surface area (Å²) in [5, 5.41) is 2.65. The van der Waals surface area contributed by atoms with Gasteiger partial charge in [0.15, 0.2) is 0 Å². The molecule has 0 unspecified atom stereocenters. The summed E-state index contributed by atoms with van der Waals surface area (Å²) in [6.45, 7) is 9.29. The summed E-state index contributed by atoms with van der Waals surface area (Å²) in [6, 6.07) is 4.40. The Bertz CT molecular complexity index is 512. The third kappa shape index (κ3) is 6.80. The zero-order valence-corrected chi connectivity index (χ0v) is 14.5. The molecular weight excluding hydrogens is 341 g/mol. The average molecular weight is 362 g/mol. The molecule has 1 rings (SSSR count). The van der Waals surface area contributed by atoms with E-state index in [1.54, 1.807) is 26.8 Å². The molecule has 1 aromatic carbocycles. The molecule has 0 saturated carbocycles. The number of alkyl carbamates (subject to hydrolysis) is 1. The number of carbonyl (C=O) groups excluding carboxylic acids is 1. The van der Waals surface area contributed by atoms with Crippen LogP contribution in [0.25, 0.3) is 0 Å². The van der Waals surface area contributed by atoms with Gasteiger partial charge in [0, 0.05) is 0 Å². The Morgan fingerprint density at radius 1 is 1.29 bits per heavy atom. The van der Waals surface area contributed by atoms with Crippen molar-refractivity contribution in [3.8, 4) is 5.75 Å². The van der Waals surface area contributed by atoms with E-state index in [2.05, 4.69) is 21.2 Å². The molecule has 4 nitrogen and oxygen atoms in total. The second-order valence-corrected chi connectivity index (χ2v) is 7.15. The minimum absolute atomic E-state index is 0.261. The summed E-state index contributed by atoms with van der Waals surface area (Å²) >= 11 is 3.10. The van der Waals surface area contributed by atoms with Crippen molar-refractivity contribution in [2.75, 3.05) is 6.54 Å². The van der Waals surface area contributed by atoms with Gasteiger partial charge in [-0.2, -0.15) is 0 Å². The van der Waals surface area contributed by atoms with E-state index >= 15 is 0 Å². The summed E-state index contributed by atoms with van der Waals surface area (Å²) in [7, 11) is 0. The van der Waals surface area contributed by atoms with Crippen LogP contribution in [0.3, 0.4) is 0 Å². The van der Waals surface area contributed by atoms with Crippen LogP contribution in [0.1, 0.15) is 34.6 Å². The van der Waals surface area contributed by atoms with Crippen molar-refractivity contribution in [2.24, 2.45) is 0 Å². The summed E-state index contributed by atoms with van der Waals surface area (Å²) in [6.07, 6.45) is -0.500. The van der Waals surface area contributed by atoms with Crippen LogP contribution in [-0.2, 0) is 4.74 Å². The van der Waals surface area contributed by atoms with Crippen LogP contribution in [0.5, 0.6) is 5.75 Å². The van der Waals surface area contributed by atoms with Crippen molar-refractivity contribution in [1.82, 2.24) is 5.32 Å². The van der Waals surface area contributed by atoms with Gasteiger partial charge in [-0.3, -0.25) is 0 Å². The van der Waals surface area contributed by atoms with E-state index in [1.165, 1.54) is 12.1 Å². The molecule has 118 valence electrons. The first-order valence-electron chi connectivity index (χ1n) is 6.59. The predicted octanol–water partition coefficient (Wildman–Crippen LogP) is 4.27. The van der Waals surface area contributed by atoms with Crippen molar-refractivity contribution >= 4 is 22.0 Å². The number of hydrogen-bond donors (Lipinski definition) is 1. The van der Waals surface area contributed by atoms with E-state index in [0.29, 0.717) is 10.2 Å². The van der Waals surface area contributed by atoms with Crippen LogP contribution in [0, 0.1) is 5.82 Å². The number of halogens is 2. The first-order valence-corrected chi connectivity index (χ1v) is 7.39. The van der Waals surface area contributed by atoms with Gasteiger partial charge in [0.05, 0.1) is 11.0 Å². The third-order valence-electron chi connectivity index (χ3n) is 2.34. The van der Waals surface area contributed by atoms with Crippen molar-refractivity contribution in [3.63, 3.8) is 0 Å². The Balaban J connectivity index is 2.57. The molecule has 0 spiro atoms. The van der Waals surface area contributed by atoms with Gasteiger partial charge in [0.25, 0.3) is 0 Å². The van der Waals surface area contributed by atoms with Crippen LogP contribution in [0.15, 0.2) is 22.7 Å². The summed E-state index contributed by atoms with van der Waals surface area (Å²) in [4.78, 5) is 11.6. The fourth-order valence-electron chi connectivity index (χ4n) is 1.49. The highest BCUT2D eigenvalue weighted by molar-refractivity contribution is 9.10. The van der Waals surface area contributed by atoms with Crippen LogP contribution in [-0.4, -0.2) is 23.8 Å². The highest BCUT2D eigenvalue weighted by Gasteiger charge is 2.23. The van der Waals surface area contributed by atoms with Gasteiger partial charge >= 0.3 is 6.09 Å². The van der Waals surface area contributed by atoms with Crippen molar-refractivity contribution in [2.45, 2.75) is 45.8 Å². The summed E-state index contributed by atoms with van der Waals surface area (Å²) in [5.41, 5.74) is -1.20. The molecule has 0 atom stereocenters. The quantitative estimate of drug-likeness (QED) is 0.870. The van der Waals surface area contributed by atoms with Gasteiger partial charge in [-0.05, 0) is 68.7 Å². The number of hydrogen-bond acceptors (Lipinski definition) is 3. The molecule has 0 aliphatic carbocycles. The van der Waals surface area contributed by atoms with Crippen molar-refractivity contribution in [1.29, 1.82) is 0 Å². The molecule has 1 N–H and O–H groups in total. The zero-order valence-electron chi connectivity index (χ0n) is 12.9. The number of amides is 1. The lowest BCUT2D eigenvalue weighted by Crippen LogP contribution is -2.44. The Labute approximate surface area is 133 Å².